The Morgan fingerprint density at radius 1 is 1.09 bits per heavy atom. The number of nitrogens with zero attached hydrogens (tertiary/aromatic N) is 1. The van der Waals surface area contributed by atoms with Crippen molar-refractivity contribution in [2.24, 2.45) is 5.92 Å². The molecule has 7 heteroatoms. The average molecular weight is 447 g/mol. The minimum absolute atomic E-state index is 0.658. The van der Waals surface area contributed by atoms with E-state index in [0.717, 1.165) is 6.54 Å². The largest absolute Gasteiger partial charge is 0.311 e. The number of hydrogen-bond donors (Lipinski definition) is 0. The Morgan fingerprint density at radius 3 is 1.55 bits per heavy atom. The van der Waals surface area contributed by atoms with E-state index >= 15 is 0 Å². The summed E-state index contributed by atoms with van der Waals surface area (Å²) in [5.74, 6) is 0.709. The zero-order chi connectivity index (χ0) is 9.02. The van der Waals surface area contributed by atoms with Crippen LogP contribution in [0.3, 0.4) is 0 Å². The van der Waals surface area contributed by atoms with E-state index in [1.807, 2.05) is 0 Å². The summed E-state index contributed by atoms with van der Waals surface area (Å²) in [6.07, 6.45) is -1.32. The van der Waals surface area contributed by atoms with Gasteiger partial charge in [-0.05, 0) is 12.5 Å². The van der Waals surface area contributed by atoms with Gasteiger partial charge in [0, 0.05) is 0 Å². The predicted molar refractivity (Wildman–Crippen MR) is 68.8 cm³/mol. The van der Waals surface area contributed by atoms with Crippen molar-refractivity contribution in [3.63, 3.8) is 0 Å². The molecule has 0 aliphatic heterocycles. The van der Waals surface area contributed by atoms with Crippen molar-refractivity contribution in [3.05, 3.63) is 0 Å². The van der Waals surface area contributed by atoms with Gasteiger partial charge in [0.2, 0.25) is 0 Å². The maximum atomic E-state index is 3.58. The third-order valence-corrected chi connectivity index (χ3v) is 12.5. The molecular formula is C4H9Br4NSi2. The van der Waals surface area contributed by atoms with Gasteiger partial charge in [0.1, 0.15) is 0 Å². The van der Waals surface area contributed by atoms with E-state index in [2.05, 4.69) is 79.2 Å². The second-order valence-corrected chi connectivity index (χ2v) is 20.4. The van der Waals surface area contributed by atoms with Gasteiger partial charge in [-0.25, -0.2) is 0 Å². The molecular weight excluding hydrogens is 438 g/mol. The van der Waals surface area contributed by atoms with Gasteiger partial charge in [0.05, 0.1) is 0 Å². The molecule has 0 aromatic heterocycles. The van der Waals surface area contributed by atoms with Crippen molar-refractivity contribution >= 4 is 73.6 Å². The molecule has 0 saturated heterocycles. The minimum Gasteiger partial charge on any atom is -0.311 e. The summed E-state index contributed by atoms with van der Waals surface area (Å²) in [6, 6.07) is 0. The Hall–Kier alpha value is 2.31. The summed E-state index contributed by atoms with van der Waals surface area (Å²) in [7, 11) is 0. The molecule has 0 aliphatic carbocycles. The molecule has 0 N–H and O–H groups in total. The summed E-state index contributed by atoms with van der Waals surface area (Å²) < 4.78 is 2.40. The van der Waals surface area contributed by atoms with Crippen LogP contribution in [0.25, 0.3) is 0 Å². The van der Waals surface area contributed by atoms with Crippen LogP contribution in [-0.4, -0.2) is 23.2 Å². The molecule has 0 aromatic rings. The zero-order valence-electron chi connectivity index (χ0n) is 6.24. The Bertz CT molecular complexity index is 102. The van der Waals surface area contributed by atoms with Crippen molar-refractivity contribution < 1.29 is 0 Å². The van der Waals surface area contributed by atoms with Gasteiger partial charge < -0.3 is 4.23 Å². The van der Waals surface area contributed by atoms with E-state index in [1.165, 1.54) is 0 Å². The molecule has 0 unspecified atom stereocenters. The molecule has 11 heavy (non-hydrogen) atoms. The molecule has 0 heterocycles. The summed E-state index contributed by atoms with van der Waals surface area (Å²) in [5.41, 5.74) is 0. The van der Waals surface area contributed by atoms with Gasteiger partial charge in [-0.1, -0.05) is 75.0 Å². The third kappa shape index (κ3) is 6.39. The number of halogens is 4. The molecule has 0 saturated carbocycles. The first kappa shape index (κ1) is 13.3. The van der Waals surface area contributed by atoms with Crippen LogP contribution in [0.5, 0.6) is 0 Å². The van der Waals surface area contributed by atoms with Gasteiger partial charge >= 0.3 is 0 Å². The molecule has 0 aromatic carbocycles. The first-order valence-corrected chi connectivity index (χ1v) is 15.0. The molecule has 0 spiro atoms. The van der Waals surface area contributed by atoms with Crippen molar-refractivity contribution in [1.82, 2.24) is 4.23 Å². The lowest BCUT2D eigenvalue weighted by molar-refractivity contribution is 0.530. The minimum atomic E-state index is -0.658. The Morgan fingerprint density at radius 2 is 1.45 bits per heavy atom. The summed E-state index contributed by atoms with van der Waals surface area (Å²) in [4.78, 5) is 0. The highest BCUT2D eigenvalue weighted by molar-refractivity contribution is 9.51. The van der Waals surface area contributed by atoms with Crippen LogP contribution in [0.1, 0.15) is 13.8 Å². The highest BCUT2D eigenvalue weighted by Crippen LogP contribution is 2.19. The Kier molecular flexibility index (Phi) is 8.13. The third-order valence-electron chi connectivity index (χ3n) is 0.956. The standard InChI is InChI=1S/C4H9Br4NSi2/c1-4(2)3-9(10(5)6)11(7)8/h4H,3H2,1-2H3. The molecule has 0 rings (SSSR count). The van der Waals surface area contributed by atoms with E-state index in [-0.39, 0.29) is 0 Å². The van der Waals surface area contributed by atoms with Crippen molar-refractivity contribution in [2.45, 2.75) is 13.8 Å². The summed E-state index contributed by atoms with van der Waals surface area (Å²) in [6.45, 7) is 5.57. The van der Waals surface area contributed by atoms with E-state index in [1.54, 1.807) is 0 Å². The second kappa shape index (κ2) is 6.72. The highest BCUT2D eigenvalue weighted by Gasteiger charge is 2.23. The van der Waals surface area contributed by atoms with Crippen LogP contribution < -0.4 is 0 Å². The smallest absolute Gasteiger partial charge is 0.295 e. The molecule has 0 aliphatic rings. The van der Waals surface area contributed by atoms with E-state index in [0.29, 0.717) is 5.92 Å². The van der Waals surface area contributed by atoms with Crippen LogP contribution in [-0.2, 0) is 0 Å². The first-order valence-electron chi connectivity index (χ1n) is 3.08. The molecule has 0 amide bonds. The lowest BCUT2D eigenvalue weighted by Crippen LogP contribution is -2.39. The molecule has 66 valence electrons. The van der Waals surface area contributed by atoms with Gasteiger partial charge in [-0.15, -0.1) is 0 Å². The van der Waals surface area contributed by atoms with Gasteiger partial charge in [0.15, 0.2) is 0 Å². The van der Waals surface area contributed by atoms with Crippen LogP contribution in [0.2, 0.25) is 0 Å². The summed E-state index contributed by atoms with van der Waals surface area (Å²) >= 11 is 14.3. The van der Waals surface area contributed by atoms with E-state index in [9.17, 15) is 0 Å². The summed E-state index contributed by atoms with van der Waals surface area (Å²) in [5, 5.41) is 0. The maximum absolute atomic E-state index is 3.58. The Labute approximate surface area is 103 Å². The predicted octanol–water partition coefficient (Wildman–Crippen LogP) is 3.49. The lowest BCUT2D eigenvalue weighted by Gasteiger charge is -2.24. The zero-order valence-corrected chi connectivity index (χ0v) is 14.6. The fourth-order valence-corrected chi connectivity index (χ4v) is 18.8. The van der Waals surface area contributed by atoms with Gasteiger partial charge in [0.25, 0.3) is 12.4 Å². The van der Waals surface area contributed by atoms with Crippen molar-refractivity contribution in [2.75, 3.05) is 6.54 Å². The van der Waals surface area contributed by atoms with Crippen LogP contribution in [0.4, 0.5) is 0 Å². The molecule has 1 nitrogen and oxygen atoms in total. The van der Waals surface area contributed by atoms with Crippen molar-refractivity contribution in [3.8, 4) is 0 Å². The van der Waals surface area contributed by atoms with Crippen molar-refractivity contribution in [1.29, 1.82) is 0 Å². The SMILES string of the molecule is CC(C)CN([Si](Br)Br)[Si](Br)Br. The second-order valence-electron chi connectivity index (χ2n) is 2.49. The normalized spacial score (nSPS) is 12.5. The molecule has 0 atom stereocenters. The van der Waals surface area contributed by atoms with Gasteiger partial charge in [-0.3, -0.25) is 0 Å². The Balaban J connectivity index is 3.90. The fourth-order valence-electron chi connectivity index (χ4n) is 0.567. The molecule has 2 radical (unpaired) electrons. The number of rotatable bonds is 4. The first-order chi connectivity index (χ1) is 4.95. The van der Waals surface area contributed by atoms with E-state index < -0.39 is 12.4 Å². The van der Waals surface area contributed by atoms with Crippen LogP contribution >= 0.6 is 61.2 Å². The lowest BCUT2D eigenvalue weighted by atomic mass is 10.2. The monoisotopic (exact) mass is 443 g/mol. The maximum Gasteiger partial charge on any atom is 0.295 e. The molecule has 0 bridgehead atoms. The highest BCUT2D eigenvalue weighted by atomic mass is 79.9. The number of hydrogen-bond acceptors (Lipinski definition) is 1. The van der Waals surface area contributed by atoms with E-state index in [4.69, 9.17) is 0 Å². The quantitative estimate of drug-likeness (QED) is 0.472. The van der Waals surface area contributed by atoms with Gasteiger partial charge in [-0.2, -0.15) is 0 Å². The molecule has 0 fully saturated rings. The fraction of sp³-hybridized carbons (Fsp3) is 1.00. The topological polar surface area (TPSA) is 3.24 Å². The van der Waals surface area contributed by atoms with Crippen LogP contribution in [0, 0.1) is 5.92 Å². The van der Waals surface area contributed by atoms with Crippen LogP contribution in [0.15, 0.2) is 0 Å². The average Bonchev–Trinajstić information content (AvgIpc) is 1.81.